The summed E-state index contributed by atoms with van der Waals surface area (Å²) in [6.45, 7) is 2.27. The summed E-state index contributed by atoms with van der Waals surface area (Å²) in [5.41, 5.74) is 2.13. The largest absolute Gasteiger partial charge is 0.339 e. The molecule has 1 aliphatic carbocycles. The van der Waals surface area contributed by atoms with Gasteiger partial charge < -0.3 is 9.80 Å². The summed E-state index contributed by atoms with van der Waals surface area (Å²) in [5, 5.41) is 0. The fraction of sp³-hybridized carbons (Fsp3) is 0.545. The summed E-state index contributed by atoms with van der Waals surface area (Å²) >= 11 is 0. The summed E-state index contributed by atoms with van der Waals surface area (Å²) in [5.74, 6) is 0.358. The van der Waals surface area contributed by atoms with Gasteiger partial charge in [-0.25, -0.2) is 4.39 Å². The Morgan fingerprint density at radius 1 is 1.07 bits per heavy atom. The lowest BCUT2D eigenvalue weighted by atomic mass is 9.83. The van der Waals surface area contributed by atoms with Crippen molar-refractivity contribution < 1.29 is 14.0 Å². The van der Waals surface area contributed by atoms with Gasteiger partial charge in [-0.3, -0.25) is 9.59 Å². The van der Waals surface area contributed by atoms with Gasteiger partial charge in [0.1, 0.15) is 5.82 Å². The molecular weight excluding hydrogens is 343 g/mol. The molecule has 3 fully saturated rings. The topological polar surface area (TPSA) is 40.6 Å². The van der Waals surface area contributed by atoms with Crippen molar-refractivity contribution in [3.8, 4) is 0 Å². The average molecular weight is 370 g/mol. The minimum atomic E-state index is -0.279. The summed E-state index contributed by atoms with van der Waals surface area (Å²) in [6, 6.07) is 6.41. The number of likely N-dealkylation sites (tertiary alicyclic amines) is 2. The van der Waals surface area contributed by atoms with E-state index in [0.29, 0.717) is 12.3 Å². The molecule has 27 heavy (non-hydrogen) atoms. The van der Waals surface area contributed by atoms with E-state index in [9.17, 15) is 14.0 Å². The molecule has 2 aliphatic heterocycles. The summed E-state index contributed by atoms with van der Waals surface area (Å²) in [6.07, 6.45) is 8.41. The highest BCUT2D eigenvalue weighted by Gasteiger charge is 2.38. The number of nitrogens with zero attached hydrogens (tertiary/aromatic N) is 2. The lowest BCUT2D eigenvalue weighted by molar-refractivity contribution is -0.139. The van der Waals surface area contributed by atoms with Crippen molar-refractivity contribution in [2.24, 2.45) is 5.92 Å². The van der Waals surface area contributed by atoms with E-state index in [4.69, 9.17) is 0 Å². The number of halogens is 1. The van der Waals surface area contributed by atoms with E-state index in [2.05, 4.69) is 0 Å². The fourth-order valence-corrected chi connectivity index (χ4v) is 4.58. The fourth-order valence-electron chi connectivity index (χ4n) is 4.58. The van der Waals surface area contributed by atoms with E-state index < -0.39 is 0 Å². The molecule has 2 heterocycles. The zero-order chi connectivity index (χ0) is 18.8. The Labute approximate surface area is 160 Å². The van der Waals surface area contributed by atoms with Gasteiger partial charge in [-0.1, -0.05) is 17.7 Å². The highest BCUT2D eigenvalue weighted by atomic mass is 19.1. The Hall–Kier alpha value is -2.17. The first-order valence-corrected chi connectivity index (χ1v) is 10.1. The molecule has 0 radical (unpaired) electrons. The van der Waals surface area contributed by atoms with E-state index in [1.165, 1.54) is 24.1 Å². The molecule has 4 rings (SSSR count). The van der Waals surface area contributed by atoms with Crippen LogP contribution >= 0.6 is 0 Å². The van der Waals surface area contributed by atoms with Crippen LogP contribution in [0.5, 0.6) is 0 Å². The molecule has 144 valence electrons. The standard InChI is InChI=1S/C22H27FN2O2/c23-19-8-6-17(7-9-19)14-22(27)25-11-2-5-18-15-24(12-10-20(18)25)21(26)13-16-3-1-4-16/h6-9,13,18,20H,1-5,10-12,14-15H2. The number of carbonyl (C=O) groups is 2. The number of amides is 2. The highest BCUT2D eigenvalue weighted by Crippen LogP contribution is 2.32. The van der Waals surface area contributed by atoms with Gasteiger partial charge in [0.2, 0.25) is 11.8 Å². The van der Waals surface area contributed by atoms with Crippen molar-refractivity contribution in [1.82, 2.24) is 9.80 Å². The van der Waals surface area contributed by atoms with E-state index in [-0.39, 0.29) is 23.7 Å². The molecule has 2 atom stereocenters. The van der Waals surface area contributed by atoms with Gasteiger partial charge in [0.15, 0.2) is 0 Å². The molecule has 1 saturated carbocycles. The molecule has 0 spiro atoms. The number of carbonyl (C=O) groups excluding carboxylic acids is 2. The third kappa shape index (κ3) is 4.07. The van der Waals surface area contributed by atoms with Gasteiger partial charge >= 0.3 is 0 Å². The van der Waals surface area contributed by atoms with Crippen molar-refractivity contribution in [3.63, 3.8) is 0 Å². The number of rotatable bonds is 3. The molecule has 2 unspecified atom stereocenters. The first-order valence-electron chi connectivity index (χ1n) is 10.1. The minimum Gasteiger partial charge on any atom is -0.339 e. The maximum atomic E-state index is 13.1. The third-order valence-electron chi connectivity index (χ3n) is 6.29. The molecule has 0 N–H and O–H groups in total. The molecule has 4 nitrogen and oxygen atoms in total. The Morgan fingerprint density at radius 3 is 2.56 bits per heavy atom. The van der Waals surface area contributed by atoms with Crippen LogP contribution in [0.2, 0.25) is 0 Å². The van der Waals surface area contributed by atoms with Crippen molar-refractivity contribution in [3.05, 3.63) is 47.3 Å². The van der Waals surface area contributed by atoms with E-state index >= 15 is 0 Å². The van der Waals surface area contributed by atoms with Gasteiger partial charge in [-0.05, 0) is 62.1 Å². The second-order valence-corrected chi connectivity index (χ2v) is 8.09. The number of benzene rings is 1. The molecule has 5 heteroatoms. The van der Waals surface area contributed by atoms with Crippen molar-refractivity contribution >= 4 is 11.8 Å². The maximum absolute atomic E-state index is 13.1. The first kappa shape index (κ1) is 18.2. The van der Waals surface area contributed by atoms with Gasteiger partial charge in [0.05, 0.1) is 6.42 Å². The second-order valence-electron chi connectivity index (χ2n) is 8.09. The van der Waals surface area contributed by atoms with Crippen LogP contribution in [0, 0.1) is 11.7 Å². The zero-order valence-electron chi connectivity index (χ0n) is 15.7. The smallest absolute Gasteiger partial charge is 0.246 e. The van der Waals surface area contributed by atoms with Crippen LogP contribution in [0.1, 0.15) is 44.1 Å². The van der Waals surface area contributed by atoms with Crippen molar-refractivity contribution in [2.45, 2.75) is 51.0 Å². The molecule has 2 amide bonds. The van der Waals surface area contributed by atoms with Crippen LogP contribution in [0.3, 0.4) is 0 Å². The Morgan fingerprint density at radius 2 is 1.85 bits per heavy atom. The number of hydrogen-bond donors (Lipinski definition) is 0. The monoisotopic (exact) mass is 370 g/mol. The summed E-state index contributed by atoms with van der Waals surface area (Å²) < 4.78 is 13.1. The second kappa shape index (κ2) is 7.83. The minimum absolute atomic E-state index is 0.118. The molecule has 0 bridgehead atoms. The Bertz CT molecular complexity index is 737. The summed E-state index contributed by atoms with van der Waals surface area (Å²) in [4.78, 5) is 29.3. The molecule has 2 saturated heterocycles. The molecular formula is C22H27FN2O2. The van der Waals surface area contributed by atoms with Crippen LogP contribution in [-0.4, -0.2) is 47.3 Å². The van der Waals surface area contributed by atoms with Crippen molar-refractivity contribution in [1.29, 1.82) is 0 Å². The van der Waals surface area contributed by atoms with E-state index in [1.807, 2.05) is 15.9 Å². The average Bonchev–Trinajstić information content (AvgIpc) is 2.65. The van der Waals surface area contributed by atoms with Gasteiger partial charge in [0.25, 0.3) is 0 Å². The molecule has 3 aliphatic rings. The van der Waals surface area contributed by atoms with Crippen LogP contribution in [-0.2, 0) is 16.0 Å². The van der Waals surface area contributed by atoms with E-state index in [1.54, 1.807) is 12.1 Å². The quantitative estimate of drug-likeness (QED) is 0.766. The highest BCUT2D eigenvalue weighted by molar-refractivity contribution is 5.88. The Kier molecular flexibility index (Phi) is 5.28. The lowest BCUT2D eigenvalue weighted by Crippen LogP contribution is -2.56. The number of piperidine rings is 2. The van der Waals surface area contributed by atoms with Gasteiger partial charge in [-0.15, -0.1) is 0 Å². The Balaban J connectivity index is 1.38. The molecule has 0 aromatic heterocycles. The molecule has 1 aromatic carbocycles. The lowest BCUT2D eigenvalue weighted by Gasteiger charge is -2.47. The zero-order valence-corrected chi connectivity index (χ0v) is 15.7. The predicted octanol–water partition coefficient (Wildman–Crippen LogP) is 3.32. The van der Waals surface area contributed by atoms with Crippen molar-refractivity contribution in [2.75, 3.05) is 19.6 Å². The normalized spacial score (nSPS) is 24.9. The summed E-state index contributed by atoms with van der Waals surface area (Å²) in [7, 11) is 0. The van der Waals surface area contributed by atoms with Crippen LogP contribution in [0.25, 0.3) is 0 Å². The number of allylic oxidation sites excluding steroid dienone is 1. The first-order chi connectivity index (χ1) is 13.1. The number of hydrogen-bond acceptors (Lipinski definition) is 2. The van der Waals surface area contributed by atoms with Gasteiger partial charge in [0, 0.05) is 31.8 Å². The SMILES string of the molecule is O=C(C=C1CCC1)N1CCC2C(CCCN2C(=O)Cc2ccc(F)cc2)C1. The maximum Gasteiger partial charge on any atom is 0.246 e. The van der Waals surface area contributed by atoms with Crippen LogP contribution in [0.4, 0.5) is 4.39 Å². The predicted molar refractivity (Wildman–Crippen MR) is 101 cm³/mol. The van der Waals surface area contributed by atoms with E-state index in [0.717, 1.165) is 57.3 Å². The van der Waals surface area contributed by atoms with Crippen LogP contribution in [0.15, 0.2) is 35.9 Å². The van der Waals surface area contributed by atoms with Gasteiger partial charge in [-0.2, -0.15) is 0 Å². The molecule has 1 aromatic rings. The van der Waals surface area contributed by atoms with Crippen LogP contribution < -0.4 is 0 Å². The third-order valence-corrected chi connectivity index (χ3v) is 6.29. The number of fused-ring (bicyclic) bond motifs is 1.